The first kappa shape index (κ1) is 41.7. The number of aldehydes is 1. The Morgan fingerprint density at radius 3 is 2.67 bits per heavy atom. The van der Waals surface area contributed by atoms with Crippen molar-refractivity contribution in [1.82, 2.24) is 40.3 Å². The van der Waals surface area contributed by atoms with Crippen molar-refractivity contribution in [3.05, 3.63) is 71.4 Å². The van der Waals surface area contributed by atoms with E-state index in [0.29, 0.717) is 78.1 Å². The average molecular weight is 822 g/mol. The molecule has 1 aliphatic carbocycles. The second kappa shape index (κ2) is 19.1. The van der Waals surface area contributed by atoms with Crippen molar-refractivity contribution in [3.63, 3.8) is 0 Å². The lowest BCUT2D eigenvalue weighted by Gasteiger charge is -2.40. The molecule has 3 aliphatic rings. The van der Waals surface area contributed by atoms with E-state index in [1.165, 1.54) is 24.8 Å². The number of nitrogens with one attached hydrogen (secondary N) is 4. The summed E-state index contributed by atoms with van der Waals surface area (Å²) in [5.74, 6) is 1.42. The lowest BCUT2D eigenvalue weighted by atomic mass is 10.0. The standard InChI is InChI=1S/C42H51N11O7/c1-4-33-39-50-46-25-52(39)34-21-45-42(49-38(34)53(33)27-10-5-6-11-27)48-32-16-14-26(20-35(32)59-3)40(57)44-18-7-8-19-60-24-37(56)47-31-13-9-12-29-30(31)22-51(41(29)58)28(23-54)15-17-36(55)43-2/h9,12-14,16,20-21,23,25,27-28,33H,4-8,10-11,15,17-19,22,24H2,1-3H3,(H,43,55)(H,44,57)(H,47,56)(H,45,48,49)/t28?,33-/m1/s1. The summed E-state index contributed by atoms with van der Waals surface area (Å²) in [5, 5.41) is 20.2. The van der Waals surface area contributed by atoms with Crippen molar-refractivity contribution in [2.24, 2.45) is 0 Å². The number of aromatic nitrogens is 5. The zero-order valence-electron chi connectivity index (χ0n) is 34.1. The molecule has 2 aliphatic heterocycles. The molecule has 0 bridgehead atoms. The Morgan fingerprint density at radius 2 is 1.90 bits per heavy atom. The van der Waals surface area contributed by atoms with Gasteiger partial charge in [0.05, 0.1) is 31.1 Å². The normalized spacial score (nSPS) is 16.1. The Balaban J connectivity index is 0.865. The van der Waals surface area contributed by atoms with E-state index >= 15 is 0 Å². The fraction of sp³-hybridized carbons (Fsp3) is 0.452. The van der Waals surface area contributed by atoms with Crippen molar-refractivity contribution in [2.45, 2.75) is 89.4 Å². The third-order valence-corrected chi connectivity index (χ3v) is 11.3. The first-order chi connectivity index (χ1) is 29.2. The second-order valence-electron chi connectivity index (χ2n) is 15.0. The van der Waals surface area contributed by atoms with Gasteiger partial charge in [0.15, 0.2) is 11.6 Å². The highest BCUT2D eigenvalue weighted by molar-refractivity contribution is 6.03. The quantitative estimate of drug-likeness (QED) is 0.0771. The topological polar surface area (TPSA) is 215 Å². The summed E-state index contributed by atoms with van der Waals surface area (Å²) in [6.45, 7) is 2.79. The largest absolute Gasteiger partial charge is 0.495 e. The third-order valence-electron chi connectivity index (χ3n) is 11.3. The second-order valence-corrected chi connectivity index (χ2v) is 15.0. The van der Waals surface area contributed by atoms with Crippen molar-refractivity contribution in [3.8, 4) is 11.4 Å². The van der Waals surface area contributed by atoms with Crippen LogP contribution in [0.5, 0.6) is 5.75 Å². The number of unbranched alkanes of at least 4 members (excludes halogenated alkanes) is 1. The maximum absolute atomic E-state index is 13.1. The number of carbonyl (C=O) groups excluding carboxylic acids is 5. The molecule has 0 saturated heterocycles. The van der Waals surface area contributed by atoms with E-state index < -0.39 is 6.04 Å². The van der Waals surface area contributed by atoms with Crippen LogP contribution < -0.4 is 30.9 Å². The predicted octanol–water partition coefficient (Wildman–Crippen LogP) is 4.24. The summed E-state index contributed by atoms with van der Waals surface area (Å²) in [4.78, 5) is 75.8. The van der Waals surface area contributed by atoms with Crippen LogP contribution in [0.2, 0.25) is 0 Å². The van der Waals surface area contributed by atoms with Crippen LogP contribution in [0.4, 0.5) is 23.1 Å². The zero-order valence-corrected chi connectivity index (χ0v) is 34.1. The summed E-state index contributed by atoms with van der Waals surface area (Å²) in [6, 6.07) is 9.82. The molecule has 4 heterocycles. The van der Waals surface area contributed by atoms with Gasteiger partial charge in [0.2, 0.25) is 17.8 Å². The van der Waals surface area contributed by atoms with Crippen LogP contribution >= 0.6 is 0 Å². The molecule has 18 nitrogen and oxygen atoms in total. The van der Waals surface area contributed by atoms with Gasteiger partial charge in [-0.15, -0.1) is 10.2 Å². The van der Waals surface area contributed by atoms with E-state index in [9.17, 15) is 24.0 Å². The molecule has 316 valence electrons. The molecule has 18 heteroatoms. The third kappa shape index (κ3) is 8.92. The molecular weight excluding hydrogens is 771 g/mol. The average Bonchev–Trinajstić information content (AvgIpc) is 4.05. The number of methoxy groups -OCH3 is 1. The molecule has 2 atom stereocenters. The smallest absolute Gasteiger partial charge is 0.255 e. The molecule has 60 heavy (non-hydrogen) atoms. The molecule has 0 radical (unpaired) electrons. The molecule has 1 unspecified atom stereocenters. The van der Waals surface area contributed by atoms with E-state index in [0.717, 1.165) is 36.6 Å². The fourth-order valence-corrected chi connectivity index (χ4v) is 8.19. The highest BCUT2D eigenvalue weighted by Crippen LogP contribution is 2.43. The van der Waals surface area contributed by atoms with Gasteiger partial charge in [0.1, 0.15) is 30.7 Å². The number of hydrogen-bond acceptors (Lipinski definition) is 13. The summed E-state index contributed by atoms with van der Waals surface area (Å²) in [7, 11) is 3.06. The minimum Gasteiger partial charge on any atom is -0.495 e. The van der Waals surface area contributed by atoms with Gasteiger partial charge >= 0.3 is 0 Å². The monoisotopic (exact) mass is 821 g/mol. The minimum atomic E-state index is -0.764. The molecule has 4 aromatic rings. The molecule has 4 N–H and O–H groups in total. The highest BCUT2D eigenvalue weighted by Gasteiger charge is 2.39. The maximum atomic E-state index is 13.1. The van der Waals surface area contributed by atoms with Gasteiger partial charge in [-0.2, -0.15) is 4.98 Å². The lowest BCUT2D eigenvalue weighted by Crippen LogP contribution is -2.42. The number of anilines is 4. The Morgan fingerprint density at radius 1 is 1.07 bits per heavy atom. The molecule has 4 amide bonds. The number of ether oxygens (including phenoxy) is 2. The molecular formula is C42H51N11O7. The number of fused-ring (bicyclic) bond motifs is 4. The SMILES string of the molecule is CC[C@@H]1c2nncn2-c2cnc(Nc3ccc(C(=O)NCCCCOCC(=O)Nc4cccc5c4CN(C(C=O)CCC(=O)NC)C5=O)cc3OC)nc2N1C1CCCC1. The van der Waals surface area contributed by atoms with Crippen LogP contribution in [0.15, 0.2) is 48.9 Å². The Bertz CT molecular complexity index is 2220. The fourth-order valence-electron chi connectivity index (χ4n) is 8.19. The van der Waals surface area contributed by atoms with Crippen LogP contribution in [0.1, 0.15) is 103 Å². The summed E-state index contributed by atoms with van der Waals surface area (Å²) < 4.78 is 13.2. The Hall–Kier alpha value is -6.43. The zero-order chi connectivity index (χ0) is 42.2. The maximum Gasteiger partial charge on any atom is 0.255 e. The van der Waals surface area contributed by atoms with Gasteiger partial charge in [-0.1, -0.05) is 25.8 Å². The summed E-state index contributed by atoms with van der Waals surface area (Å²) >= 11 is 0. The number of nitrogens with zero attached hydrogens (tertiary/aromatic N) is 7. The number of hydrogen-bond donors (Lipinski definition) is 4. The number of benzene rings is 2. The first-order valence-electron chi connectivity index (χ1n) is 20.5. The summed E-state index contributed by atoms with van der Waals surface area (Å²) in [6.07, 6.45) is 11.1. The first-order valence-corrected chi connectivity index (χ1v) is 20.5. The molecule has 2 aromatic carbocycles. The van der Waals surface area contributed by atoms with E-state index in [1.807, 2.05) is 4.57 Å². The summed E-state index contributed by atoms with van der Waals surface area (Å²) in [5.41, 5.74) is 3.36. The number of amides is 4. The number of rotatable bonds is 19. The molecule has 1 saturated carbocycles. The van der Waals surface area contributed by atoms with Crippen molar-refractivity contribution in [1.29, 1.82) is 0 Å². The van der Waals surface area contributed by atoms with Gasteiger partial charge in [-0.3, -0.25) is 23.7 Å². The van der Waals surface area contributed by atoms with Crippen LogP contribution in [0, 0.1) is 0 Å². The van der Waals surface area contributed by atoms with E-state index in [1.54, 1.807) is 56.0 Å². The van der Waals surface area contributed by atoms with E-state index in [2.05, 4.69) is 48.3 Å². The molecule has 2 aromatic heterocycles. The Labute approximate surface area is 347 Å². The lowest BCUT2D eigenvalue weighted by molar-refractivity contribution is -0.121. The predicted molar refractivity (Wildman–Crippen MR) is 221 cm³/mol. The molecule has 0 spiro atoms. The van der Waals surface area contributed by atoms with Crippen molar-refractivity contribution < 1.29 is 33.4 Å². The van der Waals surface area contributed by atoms with Crippen LogP contribution in [-0.4, -0.2) is 106 Å². The van der Waals surface area contributed by atoms with Crippen LogP contribution in [-0.2, 0) is 25.7 Å². The van der Waals surface area contributed by atoms with Gasteiger partial charge in [-0.25, -0.2) is 4.98 Å². The van der Waals surface area contributed by atoms with Gasteiger partial charge in [-0.05, 0) is 68.9 Å². The van der Waals surface area contributed by atoms with Crippen molar-refractivity contribution >= 4 is 53.1 Å². The molecule has 1 fully saturated rings. The number of carbonyl (C=O) groups is 5. The van der Waals surface area contributed by atoms with Crippen LogP contribution in [0.25, 0.3) is 5.69 Å². The highest BCUT2D eigenvalue weighted by atomic mass is 16.5. The van der Waals surface area contributed by atoms with Gasteiger partial charge < -0.3 is 45.3 Å². The van der Waals surface area contributed by atoms with E-state index in [4.69, 9.17) is 14.5 Å². The Kier molecular flexibility index (Phi) is 13.3. The van der Waals surface area contributed by atoms with Crippen LogP contribution in [0.3, 0.4) is 0 Å². The van der Waals surface area contributed by atoms with Crippen molar-refractivity contribution in [2.75, 3.05) is 49.4 Å². The van der Waals surface area contributed by atoms with Gasteiger partial charge in [0.25, 0.3) is 11.8 Å². The molecule has 7 rings (SSSR count). The van der Waals surface area contributed by atoms with Gasteiger partial charge in [0, 0.05) is 61.6 Å². The van der Waals surface area contributed by atoms with E-state index in [-0.39, 0.29) is 55.7 Å². The minimum absolute atomic E-state index is 0.0570.